The molecule has 0 aromatic carbocycles. The first-order valence-electron chi connectivity index (χ1n) is 6.70. The van der Waals surface area contributed by atoms with Crippen LogP contribution >= 0.6 is 11.3 Å². The van der Waals surface area contributed by atoms with E-state index in [0.29, 0.717) is 18.7 Å². The Balaban J connectivity index is 2.45. The van der Waals surface area contributed by atoms with Gasteiger partial charge in [0.15, 0.2) is 0 Å². The molecule has 8 heteroatoms. The second kappa shape index (κ2) is 6.04. The molecular formula is C13H20N2O4S2. The molecule has 1 fully saturated rings. The predicted molar refractivity (Wildman–Crippen MR) is 81.2 cm³/mol. The number of piperazine rings is 1. The van der Waals surface area contributed by atoms with Gasteiger partial charge in [-0.15, -0.1) is 11.3 Å². The molecule has 1 aromatic heterocycles. The van der Waals surface area contributed by atoms with Crippen LogP contribution in [0.5, 0.6) is 0 Å². The van der Waals surface area contributed by atoms with Gasteiger partial charge in [0.05, 0.1) is 7.11 Å². The molecule has 0 bridgehead atoms. The number of hydrogen-bond acceptors (Lipinski definition) is 6. The van der Waals surface area contributed by atoms with Gasteiger partial charge in [0.2, 0.25) is 10.0 Å². The third kappa shape index (κ3) is 3.13. The lowest BCUT2D eigenvalue weighted by atomic mass is 10.2. The van der Waals surface area contributed by atoms with Gasteiger partial charge in [0.25, 0.3) is 0 Å². The van der Waals surface area contributed by atoms with Crippen molar-refractivity contribution < 1.29 is 17.9 Å². The lowest BCUT2D eigenvalue weighted by Gasteiger charge is -2.35. The fraction of sp³-hybridized carbons (Fsp3) is 0.615. The molecule has 1 saturated heterocycles. The zero-order chi connectivity index (χ0) is 15.8. The molecule has 1 N–H and O–H groups in total. The van der Waals surface area contributed by atoms with Crippen LogP contribution in [-0.2, 0) is 14.8 Å². The molecule has 0 saturated carbocycles. The smallest absolute Gasteiger partial charge is 0.349 e. The summed E-state index contributed by atoms with van der Waals surface area (Å²) in [5.74, 6) is -0.608. The van der Waals surface area contributed by atoms with Crippen molar-refractivity contribution in [1.29, 1.82) is 0 Å². The van der Waals surface area contributed by atoms with Crippen LogP contribution < -0.4 is 5.32 Å². The first-order chi connectivity index (χ1) is 9.77. The van der Waals surface area contributed by atoms with Crippen LogP contribution in [-0.4, -0.2) is 51.0 Å². The Kier molecular flexibility index (Phi) is 4.72. The van der Waals surface area contributed by atoms with Crippen LogP contribution in [0, 0.1) is 6.92 Å². The van der Waals surface area contributed by atoms with E-state index in [4.69, 9.17) is 4.74 Å². The molecule has 6 nitrogen and oxygen atoms in total. The second-order valence-corrected chi connectivity index (χ2v) is 8.11. The van der Waals surface area contributed by atoms with Gasteiger partial charge in [-0.1, -0.05) is 0 Å². The van der Waals surface area contributed by atoms with Crippen LogP contribution in [0.15, 0.2) is 10.3 Å². The van der Waals surface area contributed by atoms with Crippen LogP contribution in [0.2, 0.25) is 0 Å². The highest BCUT2D eigenvalue weighted by atomic mass is 32.2. The summed E-state index contributed by atoms with van der Waals surface area (Å²) in [5.41, 5.74) is 0.583. The molecule has 2 rings (SSSR count). The normalized spacial score (nSPS) is 24.0. The van der Waals surface area contributed by atoms with Gasteiger partial charge in [0, 0.05) is 25.2 Å². The molecule has 1 aliphatic rings. The number of rotatable bonds is 3. The highest BCUT2D eigenvalue weighted by molar-refractivity contribution is 7.89. The molecule has 2 heterocycles. The first-order valence-corrected chi connectivity index (χ1v) is 9.02. The third-order valence-electron chi connectivity index (χ3n) is 3.41. The summed E-state index contributed by atoms with van der Waals surface area (Å²) in [6.45, 7) is 6.37. The van der Waals surface area contributed by atoms with Gasteiger partial charge in [-0.2, -0.15) is 4.31 Å². The minimum atomic E-state index is -3.70. The zero-order valence-corrected chi connectivity index (χ0v) is 14.2. The standard InChI is InChI=1S/C13H20N2O4S2/c1-8-7-20-11(13(16)19-4)12(8)21(17,18)15-5-9(2)14-10(3)6-15/h7,9-10,14H,5-6H2,1-4H3. The van der Waals surface area contributed by atoms with E-state index in [1.54, 1.807) is 12.3 Å². The Morgan fingerprint density at radius 2 is 1.95 bits per heavy atom. The Bertz CT molecular complexity index is 629. The molecule has 1 aromatic rings. The summed E-state index contributed by atoms with van der Waals surface area (Å²) < 4.78 is 31.9. The largest absolute Gasteiger partial charge is 0.465 e. The van der Waals surface area contributed by atoms with Crippen molar-refractivity contribution in [3.8, 4) is 0 Å². The molecule has 0 radical (unpaired) electrons. The van der Waals surface area contributed by atoms with Crippen molar-refractivity contribution in [2.75, 3.05) is 20.2 Å². The van der Waals surface area contributed by atoms with Crippen molar-refractivity contribution in [3.05, 3.63) is 15.8 Å². The highest BCUT2D eigenvalue weighted by Crippen LogP contribution is 2.30. The topological polar surface area (TPSA) is 75.7 Å². The van der Waals surface area contributed by atoms with Gasteiger partial charge in [-0.3, -0.25) is 0 Å². The van der Waals surface area contributed by atoms with E-state index < -0.39 is 16.0 Å². The van der Waals surface area contributed by atoms with Crippen molar-refractivity contribution in [2.45, 2.75) is 37.8 Å². The maximum atomic E-state index is 12.9. The molecule has 2 unspecified atom stereocenters. The van der Waals surface area contributed by atoms with E-state index in [2.05, 4.69) is 5.32 Å². The van der Waals surface area contributed by atoms with E-state index in [0.717, 1.165) is 11.3 Å². The molecular weight excluding hydrogens is 312 g/mol. The van der Waals surface area contributed by atoms with Crippen LogP contribution in [0.4, 0.5) is 0 Å². The summed E-state index contributed by atoms with van der Waals surface area (Å²) in [5, 5.41) is 4.97. The van der Waals surface area contributed by atoms with Crippen LogP contribution in [0.3, 0.4) is 0 Å². The van der Waals surface area contributed by atoms with Gasteiger partial charge in [-0.25, -0.2) is 13.2 Å². The lowest BCUT2D eigenvalue weighted by Crippen LogP contribution is -2.55. The van der Waals surface area contributed by atoms with E-state index in [9.17, 15) is 13.2 Å². The number of nitrogens with one attached hydrogen (secondary N) is 1. The number of aryl methyl sites for hydroxylation is 1. The minimum Gasteiger partial charge on any atom is -0.465 e. The number of sulfonamides is 1. The number of ether oxygens (including phenoxy) is 1. The summed E-state index contributed by atoms with van der Waals surface area (Å²) in [4.78, 5) is 12.0. The number of hydrogen-bond donors (Lipinski definition) is 1. The predicted octanol–water partition coefficient (Wildman–Crippen LogP) is 1.21. The molecule has 118 valence electrons. The lowest BCUT2D eigenvalue weighted by molar-refractivity contribution is 0.0602. The minimum absolute atomic E-state index is 0.0732. The van der Waals surface area contributed by atoms with Crippen LogP contribution in [0.1, 0.15) is 29.1 Å². The van der Waals surface area contributed by atoms with E-state index in [1.165, 1.54) is 11.4 Å². The maximum Gasteiger partial charge on any atom is 0.349 e. The van der Waals surface area contributed by atoms with Gasteiger partial charge >= 0.3 is 5.97 Å². The van der Waals surface area contributed by atoms with E-state index in [1.807, 2.05) is 13.8 Å². The fourth-order valence-electron chi connectivity index (χ4n) is 2.59. The number of nitrogens with zero attached hydrogens (tertiary/aromatic N) is 1. The number of methoxy groups -OCH3 is 1. The first kappa shape index (κ1) is 16.4. The van der Waals surface area contributed by atoms with Gasteiger partial charge < -0.3 is 10.1 Å². The Labute approximate surface area is 129 Å². The van der Waals surface area contributed by atoms with Crippen molar-refractivity contribution in [1.82, 2.24) is 9.62 Å². The number of carbonyl (C=O) groups is 1. The SMILES string of the molecule is COC(=O)c1scc(C)c1S(=O)(=O)N1CC(C)NC(C)C1. The van der Waals surface area contributed by atoms with Crippen LogP contribution in [0.25, 0.3) is 0 Å². The van der Waals surface area contributed by atoms with Crippen molar-refractivity contribution >= 4 is 27.3 Å². The molecule has 0 amide bonds. The molecule has 0 aliphatic carbocycles. The fourth-order valence-corrected chi connectivity index (χ4v) is 5.87. The summed E-state index contributed by atoms with van der Waals surface area (Å²) in [6.07, 6.45) is 0. The summed E-state index contributed by atoms with van der Waals surface area (Å²) >= 11 is 1.11. The van der Waals surface area contributed by atoms with E-state index >= 15 is 0 Å². The quantitative estimate of drug-likeness (QED) is 0.842. The van der Waals surface area contributed by atoms with Gasteiger partial charge in [-0.05, 0) is 31.7 Å². The molecule has 1 aliphatic heterocycles. The Morgan fingerprint density at radius 3 is 2.48 bits per heavy atom. The Morgan fingerprint density at radius 1 is 1.38 bits per heavy atom. The molecule has 21 heavy (non-hydrogen) atoms. The third-order valence-corrected chi connectivity index (χ3v) is 6.64. The maximum absolute atomic E-state index is 12.9. The second-order valence-electron chi connectivity index (χ2n) is 5.36. The van der Waals surface area contributed by atoms with Crippen molar-refractivity contribution in [2.24, 2.45) is 0 Å². The van der Waals surface area contributed by atoms with Gasteiger partial charge in [0.1, 0.15) is 9.77 Å². The Hall–Kier alpha value is -0.960. The van der Waals surface area contributed by atoms with Crippen molar-refractivity contribution in [3.63, 3.8) is 0 Å². The number of thiophene rings is 1. The number of esters is 1. The summed E-state index contributed by atoms with van der Waals surface area (Å²) in [7, 11) is -2.45. The zero-order valence-electron chi connectivity index (χ0n) is 12.5. The average molecular weight is 332 g/mol. The number of carbonyl (C=O) groups excluding carboxylic acids is 1. The van der Waals surface area contributed by atoms with E-state index in [-0.39, 0.29) is 21.9 Å². The average Bonchev–Trinajstić information content (AvgIpc) is 2.79. The summed E-state index contributed by atoms with van der Waals surface area (Å²) in [6, 6.07) is 0.146. The molecule has 0 spiro atoms. The monoisotopic (exact) mass is 332 g/mol. The highest BCUT2D eigenvalue weighted by Gasteiger charge is 2.36. The molecule has 2 atom stereocenters.